The molecule has 1 aromatic rings. The second-order valence-electron chi connectivity index (χ2n) is 4.12. The summed E-state index contributed by atoms with van der Waals surface area (Å²) in [4.78, 5) is 24.4. The highest BCUT2D eigenvalue weighted by molar-refractivity contribution is 5.93. The number of nitrogens with zero attached hydrogens (tertiary/aromatic N) is 1. The number of rotatable bonds is 3. The highest BCUT2D eigenvalue weighted by Gasteiger charge is 2.34. The molecule has 17 heavy (non-hydrogen) atoms. The SMILES string of the molecule is C=C(c1ccccc1)N1C[C@@H](C(N)=O)CC1=O. The van der Waals surface area contributed by atoms with Crippen molar-refractivity contribution in [2.75, 3.05) is 6.54 Å². The third-order valence-electron chi connectivity index (χ3n) is 2.96. The van der Waals surface area contributed by atoms with Crippen molar-refractivity contribution in [3.05, 3.63) is 42.5 Å². The fourth-order valence-electron chi connectivity index (χ4n) is 1.95. The van der Waals surface area contributed by atoms with Gasteiger partial charge in [-0.15, -0.1) is 0 Å². The van der Waals surface area contributed by atoms with Crippen LogP contribution in [0.4, 0.5) is 0 Å². The molecule has 2 rings (SSSR count). The van der Waals surface area contributed by atoms with Crippen molar-refractivity contribution in [2.24, 2.45) is 11.7 Å². The zero-order valence-electron chi connectivity index (χ0n) is 9.43. The highest BCUT2D eigenvalue weighted by atomic mass is 16.2. The van der Waals surface area contributed by atoms with Crippen molar-refractivity contribution in [2.45, 2.75) is 6.42 Å². The monoisotopic (exact) mass is 230 g/mol. The summed E-state index contributed by atoms with van der Waals surface area (Å²) in [5.41, 5.74) is 6.72. The lowest BCUT2D eigenvalue weighted by atomic mass is 10.1. The largest absolute Gasteiger partial charge is 0.369 e. The van der Waals surface area contributed by atoms with Crippen molar-refractivity contribution in [1.82, 2.24) is 4.90 Å². The number of carbonyl (C=O) groups is 2. The smallest absolute Gasteiger partial charge is 0.227 e. The number of nitrogens with two attached hydrogens (primary N) is 1. The summed E-state index contributed by atoms with van der Waals surface area (Å²) in [5, 5.41) is 0. The number of carbonyl (C=O) groups excluding carboxylic acids is 2. The molecule has 88 valence electrons. The van der Waals surface area contributed by atoms with E-state index in [0.29, 0.717) is 12.2 Å². The van der Waals surface area contributed by atoms with E-state index >= 15 is 0 Å². The molecule has 0 spiro atoms. The van der Waals surface area contributed by atoms with Gasteiger partial charge in [-0.05, 0) is 5.56 Å². The van der Waals surface area contributed by atoms with Gasteiger partial charge < -0.3 is 10.6 Å². The second-order valence-corrected chi connectivity index (χ2v) is 4.12. The molecule has 4 nitrogen and oxygen atoms in total. The zero-order valence-corrected chi connectivity index (χ0v) is 9.43. The van der Waals surface area contributed by atoms with Gasteiger partial charge in [-0.3, -0.25) is 9.59 Å². The second kappa shape index (κ2) is 4.41. The van der Waals surface area contributed by atoms with Crippen LogP contribution in [0.3, 0.4) is 0 Å². The summed E-state index contributed by atoms with van der Waals surface area (Å²) in [7, 11) is 0. The number of hydrogen-bond acceptors (Lipinski definition) is 2. The van der Waals surface area contributed by atoms with E-state index in [0.717, 1.165) is 5.56 Å². The van der Waals surface area contributed by atoms with Crippen LogP contribution in [0.15, 0.2) is 36.9 Å². The van der Waals surface area contributed by atoms with E-state index in [1.807, 2.05) is 30.3 Å². The van der Waals surface area contributed by atoms with Crippen molar-refractivity contribution in [3.63, 3.8) is 0 Å². The summed E-state index contributed by atoms with van der Waals surface area (Å²) in [5.74, 6) is -0.924. The van der Waals surface area contributed by atoms with Crippen LogP contribution >= 0.6 is 0 Å². The average Bonchev–Trinajstić information content (AvgIpc) is 2.72. The maximum atomic E-state index is 11.8. The first-order valence-electron chi connectivity index (χ1n) is 5.43. The quantitative estimate of drug-likeness (QED) is 0.841. The molecule has 0 bridgehead atoms. The lowest BCUT2D eigenvalue weighted by molar-refractivity contribution is -0.126. The Balaban J connectivity index is 2.17. The Kier molecular flexibility index (Phi) is 2.95. The Bertz CT molecular complexity index is 468. The van der Waals surface area contributed by atoms with Gasteiger partial charge in [-0.25, -0.2) is 0 Å². The van der Waals surface area contributed by atoms with Gasteiger partial charge in [-0.2, -0.15) is 0 Å². The van der Waals surface area contributed by atoms with Crippen LogP contribution in [0, 0.1) is 5.92 Å². The first-order valence-corrected chi connectivity index (χ1v) is 5.43. The van der Waals surface area contributed by atoms with E-state index in [2.05, 4.69) is 6.58 Å². The topological polar surface area (TPSA) is 63.4 Å². The van der Waals surface area contributed by atoms with Crippen LogP contribution in [-0.2, 0) is 9.59 Å². The van der Waals surface area contributed by atoms with Crippen LogP contribution in [0.5, 0.6) is 0 Å². The highest BCUT2D eigenvalue weighted by Crippen LogP contribution is 2.26. The summed E-state index contributed by atoms with van der Waals surface area (Å²) in [6.45, 7) is 4.24. The Morgan fingerprint density at radius 3 is 2.53 bits per heavy atom. The van der Waals surface area contributed by atoms with Crippen LogP contribution in [0.1, 0.15) is 12.0 Å². The molecule has 1 aliphatic rings. The maximum absolute atomic E-state index is 11.8. The number of amides is 2. The van der Waals surface area contributed by atoms with Crippen LogP contribution < -0.4 is 5.73 Å². The van der Waals surface area contributed by atoms with Crippen molar-refractivity contribution in [1.29, 1.82) is 0 Å². The van der Waals surface area contributed by atoms with E-state index in [4.69, 9.17) is 5.73 Å². The standard InChI is InChI=1S/C13H14N2O2/c1-9(10-5-3-2-4-6-10)15-8-11(13(14)17)7-12(15)16/h2-6,11H,1,7-8H2,(H2,14,17)/t11-/m0/s1. The first-order chi connectivity index (χ1) is 8.09. The molecule has 1 aliphatic heterocycles. The van der Waals surface area contributed by atoms with Gasteiger partial charge >= 0.3 is 0 Å². The van der Waals surface area contributed by atoms with Gasteiger partial charge in [0.25, 0.3) is 0 Å². The molecule has 1 atom stereocenters. The molecule has 0 aliphatic carbocycles. The van der Waals surface area contributed by atoms with E-state index in [1.165, 1.54) is 4.90 Å². The van der Waals surface area contributed by atoms with E-state index in [-0.39, 0.29) is 12.3 Å². The zero-order chi connectivity index (χ0) is 12.4. The number of hydrogen-bond donors (Lipinski definition) is 1. The predicted octanol–water partition coefficient (Wildman–Crippen LogP) is 0.991. The maximum Gasteiger partial charge on any atom is 0.227 e. The minimum absolute atomic E-state index is 0.0948. The van der Waals surface area contributed by atoms with Crippen molar-refractivity contribution in [3.8, 4) is 0 Å². The molecule has 0 unspecified atom stereocenters. The third kappa shape index (κ3) is 2.20. The molecule has 1 aromatic carbocycles. The average molecular weight is 230 g/mol. The molecular formula is C13H14N2O2. The molecule has 0 radical (unpaired) electrons. The molecule has 0 saturated carbocycles. The number of primary amides is 1. The lowest BCUT2D eigenvalue weighted by Gasteiger charge is -2.19. The molecular weight excluding hydrogens is 216 g/mol. The van der Waals surface area contributed by atoms with Crippen LogP contribution in [-0.4, -0.2) is 23.3 Å². The summed E-state index contributed by atoms with van der Waals surface area (Å²) in [6.07, 6.45) is 0.182. The minimum atomic E-state index is -0.429. The van der Waals surface area contributed by atoms with Crippen LogP contribution in [0.2, 0.25) is 0 Å². The fourth-order valence-corrected chi connectivity index (χ4v) is 1.95. The van der Waals surface area contributed by atoms with Crippen LogP contribution in [0.25, 0.3) is 5.70 Å². The molecule has 2 amide bonds. The van der Waals surface area contributed by atoms with Gasteiger partial charge in [-0.1, -0.05) is 36.9 Å². The van der Waals surface area contributed by atoms with Gasteiger partial charge in [0.05, 0.1) is 5.92 Å². The predicted molar refractivity (Wildman–Crippen MR) is 64.5 cm³/mol. The minimum Gasteiger partial charge on any atom is -0.369 e. The molecule has 1 heterocycles. The molecule has 4 heteroatoms. The molecule has 1 fully saturated rings. The van der Waals surface area contributed by atoms with Gasteiger partial charge in [0, 0.05) is 18.7 Å². The van der Waals surface area contributed by atoms with E-state index < -0.39 is 11.8 Å². The number of likely N-dealkylation sites (tertiary alicyclic amines) is 1. The molecule has 1 saturated heterocycles. The number of benzene rings is 1. The Hall–Kier alpha value is -2.10. The van der Waals surface area contributed by atoms with Crippen molar-refractivity contribution < 1.29 is 9.59 Å². The summed E-state index contributed by atoms with van der Waals surface area (Å²) < 4.78 is 0. The summed E-state index contributed by atoms with van der Waals surface area (Å²) >= 11 is 0. The van der Waals surface area contributed by atoms with E-state index in [9.17, 15) is 9.59 Å². The lowest BCUT2D eigenvalue weighted by Crippen LogP contribution is -2.27. The third-order valence-corrected chi connectivity index (χ3v) is 2.96. The Morgan fingerprint density at radius 1 is 1.35 bits per heavy atom. The van der Waals surface area contributed by atoms with Gasteiger partial charge in [0.2, 0.25) is 11.8 Å². The normalized spacial score (nSPS) is 19.4. The van der Waals surface area contributed by atoms with Crippen molar-refractivity contribution >= 4 is 17.5 Å². The van der Waals surface area contributed by atoms with E-state index in [1.54, 1.807) is 0 Å². The first kappa shape index (κ1) is 11.4. The molecule has 0 aromatic heterocycles. The van der Waals surface area contributed by atoms with Gasteiger partial charge in [0.1, 0.15) is 0 Å². The molecule has 2 N–H and O–H groups in total. The summed E-state index contributed by atoms with van der Waals surface area (Å²) in [6, 6.07) is 9.43. The fraction of sp³-hybridized carbons (Fsp3) is 0.231. The Labute approximate surface area is 99.7 Å². The Morgan fingerprint density at radius 2 is 2.00 bits per heavy atom. The van der Waals surface area contributed by atoms with Gasteiger partial charge in [0.15, 0.2) is 0 Å².